The van der Waals surface area contributed by atoms with Crippen molar-refractivity contribution in [1.29, 1.82) is 0 Å². The van der Waals surface area contributed by atoms with E-state index in [4.69, 9.17) is 27.9 Å². The van der Waals surface area contributed by atoms with Gasteiger partial charge in [0.1, 0.15) is 12.3 Å². The zero-order chi connectivity index (χ0) is 45.0. The topological polar surface area (TPSA) is 150 Å². The van der Waals surface area contributed by atoms with Crippen molar-refractivity contribution in [3.05, 3.63) is 135 Å². The molecule has 324 valence electrons. The summed E-state index contributed by atoms with van der Waals surface area (Å²) in [5, 5.41) is 23.2. The van der Waals surface area contributed by atoms with Crippen molar-refractivity contribution in [2.45, 2.75) is 31.9 Å². The van der Waals surface area contributed by atoms with Crippen molar-refractivity contribution < 1.29 is 47.3 Å². The first-order valence-corrected chi connectivity index (χ1v) is 21.2. The van der Waals surface area contributed by atoms with Gasteiger partial charge in [0.2, 0.25) is 11.8 Å². The molecule has 0 saturated carbocycles. The highest BCUT2D eigenvalue weighted by molar-refractivity contribution is 7.14. The number of rotatable bonds is 16. The fourth-order valence-corrected chi connectivity index (χ4v) is 8.35. The summed E-state index contributed by atoms with van der Waals surface area (Å²) in [5.41, 5.74) is 3.80. The lowest BCUT2D eigenvalue weighted by Crippen LogP contribution is -2.43. The number of carboxylic acids is 2. The molecule has 0 aliphatic rings. The van der Waals surface area contributed by atoms with Crippen LogP contribution in [-0.2, 0) is 32.0 Å². The van der Waals surface area contributed by atoms with Crippen LogP contribution >= 0.6 is 45.9 Å². The number of carbonyl (C=O) groups is 4. The summed E-state index contributed by atoms with van der Waals surface area (Å²) in [6.45, 7) is -1.58. The van der Waals surface area contributed by atoms with Gasteiger partial charge in [-0.05, 0) is 48.2 Å². The Bertz CT molecular complexity index is 2470. The second kappa shape index (κ2) is 21.8. The Balaban J connectivity index is 0.000000235. The van der Waals surface area contributed by atoms with E-state index in [1.165, 1.54) is 21.6 Å². The molecule has 0 unspecified atom stereocenters. The maximum atomic E-state index is 13.3. The molecule has 2 heterocycles. The number of aromatic nitrogens is 2. The van der Waals surface area contributed by atoms with Crippen LogP contribution in [0, 0.1) is 11.8 Å². The molecule has 6 aromatic rings. The van der Waals surface area contributed by atoms with Gasteiger partial charge in [-0.3, -0.25) is 29.0 Å². The molecule has 18 heteroatoms. The number of anilines is 2. The van der Waals surface area contributed by atoms with Gasteiger partial charge in [-0.25, -0.2) is 9.97 Å². The number of amides is 2. The monoisotopic (exact) mass is 926 g/mol. The maximum Gasteiger partial charge on any atom is 0.406 e. The largest absolute Gasteiger partial charge is 0.497 e. The molecule has 2 atom stereocenters. The number of carboxylic acid groups (broad SMARTS) is 2. The Hall–Kier alpha value is -5.81. The van der Waals surface area contributed by atoms with E-state index in [1.807, 2.05) is 35.7 Å². The summed E-state index contributed by atoms with van der Waals surface area (Å²) in [6.07, 6.45) is -5.28. The van der Waals surface area contributed by atoms with Crippen molar-refractivity contribution >= 4 is 79.9 Å². The number of hydrogen-bond acceptors (Lipinski definition) is 9. The van der Waals surface area contributed by atoms with Gasteiger partial charge < -0.3 is 14.9 Å². The highest BCUT2D eigenvalue weighted by atomic mass is 35.5. The van der Waals surface area contributed by atoms with Crippen LogP contribution in [0.2, 0.25) is 10.0 Å². The predicted molar refractivity (Wildman–Crippen MR) is 235 cm³/mol. The maximum absolute atomic E-state index is 13.3. The molecule has 2 amide bonds. The Morgan fingerprint density at radius 3 is 1.61 bits per heavy atom. The second-order valence-corrected chi connectivity index (χ2v) is 16.2. The fraction of sp³-hybridized carbons (Fsp3) is 0.227. The highest BCUT2D eigenvalue weighted by Crippen LogP contribution is 2.35. The van der Waals surface area contributed by atoms with E-state index in [9.17, 15) is 42.6 Å². The van der Waals surface area contributed by atoms with Crippen LogP contribution in [0.5, 0.6) is 5.75 Å². The lowest BCUT2D eigenvalue weighted by molar-refractivity contribution is -0.142. The van der Waals surface area contributed by atoms with Gasteiger partial charge in [-0.1, -0.05) is 102 Å². The molecule has 0 aliphatic carbocycles. The molecule has 2 N–H and O–H groups in total. The number of benzene rings is 4. The molecule has 0 radical (unpaired) electrons. The van der Waals surface area contributed by atoms with Crippen molar-refractivity contribution in [2.24, 2.45) is 11.8 Å². The van der Waals surface area contributed by atoms with E-state index in [0.717, 1.165) is 22.5 Å². The molecule has 0 spiro atoms. The molecule has 0 saturated heterocycles. The number of nitrogens with zero attached hydrogens (tertiary/aromatic N) is 4. The summed E-state index contributed by atoms with van der Waals surface area (Å²) >= 11 is 14.6. The normalized spacial score (nSPS) is 12.0. The third kappa shape index (κ3) is 13.3. The SMILES string of the molecule is COc1ccc(C[C@H](CC(=O)O)C(=O)N(C)c2nc(-c3ccccc3Cl)cs2)cc1.O=C(O)C[C@@H](Cc1ccccc1)C(=O)N(CC(F)(F)F)c1nc(-c2ccccc2Cl)cs1. The molecule has 0 aliphatic heterocycles. The van der Waals surface area contributed by atoms with E-state index < -0.39 is 48.8 Å². The lowest BCUT2D eigenvalue weighted by atomic mass is 9.95. The Kier molecular flexibility index (Phi) is 16.6. The summed E-state index contributed by atoms with van der Waals surface area (Å²) in [4.78, 5) is 59.7. The Morgan fingerprint density at radius 1 is 0.677 bits per heavy atom. The third-order valence-corrected chi connectivity index (χ3v) is 11.7. The summed E-state index contributed by atoms with van der Waals surface area (Å²) in [5.74, 6) is -4.75. The lowest BCUT2D eigenvalue weighted by Gasteiger charge is -2.25. The van der Waals surface area contributed by atoms with Gasteiger partial charge in [0.05, 0.1) is 43.2 Å². The summed E-state index contributed by atoms with van der Waals surface area (Å²) in [6, 6.07) is 29.8. The molecule has 4 aromatic carbocycles. The second-order valence-electron chi connectivity index (χ2n) is 13.8. The van der Waals surface area contributed by atoms with Crippen molar-refractivity contribution in [2.75, 3.05) is 30.5 Å². The molecule has 0 bridgehead atoms. The first-order chi connectivity index (χ1) is 29.5. The number of ether oxygens (including phenoxy) is 1. The van der Waals surface area contributed by atoms with Gasteiger partial charge in [0.25, 0.3) is 0 Å². The first kappa shape index (κ1) is 47.2. The molecule has 0 fully saturated rings. The van der Waals surface area contributed by atoms with Crippen molar-refractivity contribution in [3.63, 3.8) is 0 Å². The number of carbonyl (C=O) groups excluding carboxylic acids is 2. The number of aliphatic carboxylic acids is 2. The summed E-state index contributed by atoms with van der Waals surface area (Å²) in [7, 11) is 3.19. The minimum absolute atomic E-state index is 0.0108. The number of hydrogen-bond donors (Lipinski definition) is 2. The quantitative estimate of drug-likeness (QED) is 0.0967. The van der Waals surface area contributed by atoms with Crippen LogP contribution < -0.4 is 14.5 Å². The first-order valence-electron chi connectivity index (χ1n) is 18.7. The van der Waals surface area contributed by atoms with E-state index >= 15 is 0 Å². The van der Waals surface area contributed by atoms with Crippen LogP contribution in [0.4, 0.5) is 23.4 Å². The molecule has 6 rings (SSSR count). The minimum Gasteiger partial charge on any atom is -0.497 e. The Morgan fingerprint density at radius 2 is 1.13 bits per heavy atom. The number of halogens is 5. The average Bonchev–Trinajstić information content (AvgIpc) is 3.94. The zero-order valence-electron chi connectivity index (χ0n) is 33.1. The molecular weight excluding hydrogens is 889 g/mol. The molecule has 2 aromatic heterocycles. The number of methoxy groups -OCH3 is 1. The van der Waals surface area contributed by atoms with Crippen LogP contribution in [0.15, 0.2) is 114 Å². The van der Waals surface area contributed by atoms with Crippen LogP contribution in [-0.4, -0.2) is 70.8 Å². The van der Waals surface area contributed by atoms with Gasteiger partial charge in [0.15, 0.2) is 10.3 Å². The fourth-order valence-electron chi connectivity index (χ4n) is 6.26. The van der Waals surface area contributed by atoms with E-state index in [0.29, 0.717) is 54.8 Å². The standard InChI is InChI=1S/C22H18ClF3N2O3S.C22H21ClN2O4S/c23-17-9-5-4-8-16(17)18-12-32-21(27-18)28(13-22(24,25)26)20(31)15(11-19(29)30)10-14-6-2-1-3-7-14;1-25(22-24-19(13-30-22)17-5-3-4-6-18(17)23)21(28)15(12-20(26)27)11-14-7-9-16(29-2)10-8-14/h1-9,12,15H,10-11,13H2,(H,29,30);3-10,13,15H,11-12H2,1-2H3,(H,26,27)/t2*15-/m11/s1. The number of thiazole rings is 2. The summed E-state index contributed by atoms with van der Waals surface area (Å²) < 4.78 is 45.2. The minimum atomic E-state index is -4.70. The number of alkyl halides is 3. The molecule has 11 nitrogen and oxygen atoms in total. The van der Waals surface area contributed by atoms with Crippen LogP contribution in [0.25, 0.3) is 22.5 Å². The third-order valence-electron chi connectivity index (χ3n) is 9.24. The van der Waals surface area contributed by atoms with Crippen molar-refractivity contribution in [3.8, 4) is 28.3 Å². The van der Waals surface area contributed by atoms with Crippen LogP contribution in [0.1, 0.15) is 24.0 Å². The zero-order valence-corrected chi connectivity index (χ0v) is 36.2. The van der Waals surface area contributed by atoms with Crippen molar-refractivity contribution in [1.82, 2.24) is 9.97 Å². The van der Waals surface area contributed by atoms with E-state index in [-0.39, 0.29) is 23.9 Å². The van der Waals surface area contributed by atoms with Crippen LogP contribution in [0.3, 0.4) is 0 Å². The van der Waals surface area contributed by atoms with Gasteiger partial charge >= 0.3 is 18.1 Å². The smallest absolute Gasteiger partial charge is 0.406 e. The predicted octanol–water partition coefficient (Wildman–Crippen LogP) is 10.5. The highest BCUT2D eigenvalue weighted by Gasteiger charge is 2.38. The Labute approximate surface area is 373 Å². The van der Waals surface area contributed by atoms with E-state index in [2.05, 4.69) is 9.97 Å². The van der Waals surface area contributed by atoms with Gasteiger partial charge in [0, 0.05) is 39.0 Å². The molecular formula is C44H39Cl2F3N4O7S2. The average molecular weight is 928 g/mol. The van der Waals surface area contributed by atoms with Gasteiger partial charge in [-0.15, -0.1) is 22.7 Å². The van der Waals surface area contributed by atoms with Gasteiger partial charge in [-0.2, -0.15) is 13.2 Å². The molecule has 62 heavy (non-hydrogen) atoms. The van der Waals surface area contributed by atoms with E-state index in [1.54, 1.807) is 87.0 Å².